The summed E-state index contributed by atoms with van der Waals surface area (Å²) >= 11 is 0. The van der Waals surface area contributed by atoms with Crippen molar-refractivity contribution in [1.29, 1.82) is 0 Å². The number of benzene rings is 1. The van der Waals surface area contributed by atoms with Gasteiger partial charge in [-0.3, -0.25) is 10.1 Å². The number of hydrogen-bond donors (Lipinski definition) is 3. The van der Waals surface area contributed by atoms with Gasteiger partial charge in [-0.1, -0.05) is 13.8 Å². The van der Waals surface area contributed by atoms with Gasteiger partial charge >= 0.3 is 0 Å². The van der Waals surface area contributed by atoms with E-state index in [0.29, 0.717) is 30.2 Å². The lowest BCUT2D eigenvalue weighted by atomic mass is 9.93. The Morgan fingerprint density at radius 3 is 2.36 bits per heavy atom. The quantitative estimate of drug-likeness (QED) is 0.494. The van der Waals surface area contributed by atoms with E-state index in [2.05, 4.69) is 15.3 Å². The van der Waals surface area contributed by atoms with Crippen molar-refractivity contribution in [2.45, 2.75) is 20.3 Å². The first kappa shape index (κ1) is 18.8. The fourth-order valence-electron chi connectivity index (χ4n) is 2.10. The van der Waals surface area contributed by atoms with Crippen molar-refractivity contribution in [1.82, 2.24) is 9.97 Å². The fraction of sp³-hybridized carbons (Fsp3) is 0.412. The molecule has 0 radical (unpaired) electrons. The van der Waals surface area contributed by atoms with Crippen LogP contribution < -0.4 is 5.32 Å². The van der Waals surface area contributed by atoms with E-state index in [1.54, 1.807) is 19.1 Å². The Hall–Kier alpha value is -2.58. The summed E-state index contributed by atoms with van der Waals surface area (Å²) < 4.78 is 0. The molecule has 0 unspecified atom stereocenters. The minimum absolute atomic E-state index is 0.00963. The summed E-state index contributed by atoms with van der Waals surface area (Å²) in [5.41, 5.74) is 0.845. The Labute approximate surface area is 145 Å². The Morgan fingerprint density at radius 2 is 1.84 bits per heavy atom. The van der Waals surface area contributed by atoms with Crippen LogP contribution in [0.15, 0.2) is 30.3 Å². The highest BCUT2D eigenvalue weighted by atomic mass is 16.6. The molecule has 134 valence electrons. The zero-order valence-corrected chi connectivity index (χ0v) is 14.3. The number of nitro benzene ring substituents is 1. The third kappa shape index (κ3) is 4.71. The number of aliphatic hydroxyl groups excluding tert-OH is 2. The van der Waals surface area contributed by atoms with E-state index >= 15 is 0 Å². The Kier molecular flexibility index (Phi) is 6.00. The number of non-ortho nitro benzene ring substituents is 1. The second-order valence-electron chi connectivity index (χ2n) is 6.21. The SMILES string of the molecule is CCc1cc(NCC(C)(CO)CO)nc(-c2ccc([N+](=O)[O-])cc2)n1. The summed E-state index contributed by atoms with van der Waals surface area (Å²) in [4.78, 5) is 19.2. The molecule has 0 bridgehead atoms. The van der Waals surface area contributed by atoms with Gasteiger partial charge in [0, 0.05) is 41.4 Å². The molecule has 3 N–H and O–H groups in total. The number of rotatable bonds is 8. The van der Waals surface area contributed by atoms with Gasteiger partial charge in [-0.2, -0.15) is 0 Å². The van der Waals surface area contributed by atoms with Crippen LogP contribution in [-0.4, -0.2) is 44.9 Å². The van der Waals surface area contributed by atoms with Gasteiger partial charge in [-0.05, 0) is 18.6 Å². The number of nitrogens with zero attached hydrogens (tertiary/aromatic N) is 3. The molecule has 2 aromatic rings. The number of nitro groups is 1. The second kappa shape index (κ2) is 8.00. The van der Waals surface area contributed by atoms with Crippen molar-refractivity contribution in [2.75, 3.05) is 25.1 Å². The Morgan fingerprint density at radius 1 is 1.20 bits per heavy atom. The summed E-state index contributed by atoms with van der Waals surface area (Å²) in [7, 11) is 0. The van der Waals surface area contributed by atoms with Gasteiger partial charge < -0.3 is 15.5 Å². The number of aliphatic hydroxyl groups is 2. The van der Waals surface area contributed by atoms with E-state index < -0.39 is 10.3 Å². The molecule has 0 amide bonds. The molecule has 1 heterocycles. The largest absolute Gasteiger partial charge is 0.396 e. The first-order valence-corrected chi connectivity index (χ1v) is 7.99. The van der Waals surface area contributed by atoms with Crippen LogP contribution in [0.3, 0.4) is 0 Å². The van der Waals surface area contributed by atoms with Gasteiger partial charge in [0.25, 0.3) is 5.69 Å². The van der Waals surface area contributed by atoms with Gasteiger partial charge in [0.2, 0.25) is 0 Å². The molecule has 0 spiro atoms. The molecule has 25 heavy (non-hydrogen) atoms. The van der Waals surface area contributed by atoms with Crippen LogP contribution >= 0.6 is 0 Å². The molecule has 0 fully saturated rings. The Bertz CT molecular complexity index is 730. The first-order chi connectivity index (χ1) is 11.9. The summed E-state index contributed by atoms with van der Waals surface area (Å²) in [5, 5.41) is 32.6. The Balaban J connectivity index is 2.28. The van der Waals surface area contributed by atoms with E-state index in [9.17, 15) is 20.3 Å². The van der Waals surface area contributed by atoms with Crippen molar-refractivity contribution in [2.24, 2.45) is 5.41 Å². The number of aromatic nitrogens is 2. The minimum Gasteiger partial charge on any atom is -0.396 e. The van der Waals surface area contributed by atoms with Crippen LogP contribution in [0.5, 0.6) is 0 Å². The van der Waals surface area contributed by atoms with Crippen LogP contribution in [0.2, 0.25) is 0 Å². The summed E-state index contributed by atoms with van der Waals surface area (Å²) in [6.07, 6.45) is 0.703. The first-order valence-electron chi connectivity index (χ1n) is 7.99. The predicted molar refractivity (Wildman–Crippen MR) is 94.3 cm³/mol. The van der Waals surface area contributed by atoms with Crippen LogP contribution in [0.25, 0.3) is 11.4 Å². The topological polar surface area (TPSA) is 121 Å². The van der Waals surface area contributed by atoms with Crippen molar-refractivity contribution in [3.05, 3.63) is 46.1 Å². The lowest BCUT2D eigenvalue weighted by molar-refractivity contribution is -0.384. The molecule has 0 aliphatic carbocycles. The van der Waals surface area contributed by atoms with E-state index in [1.807, 2.05) is 13.0 Å². The zero-order valence-electron chi connectivity index (χ0n) is 14.3. The van der Waals surface area contributed by atoms with Gasteiger partial charge in [0.15, 0.2) is 5.82 Å². The second-order valence-corrected chi connectivity index (χ2v) is 6.21. The van der Waals surface area contributed by atoms with Crippen LogP contribution in [-0.2, 0) is 6.42 Å². The molecule has 1 aromatic heterocycles. The zero-order chi connectivity index (χ0) is 18.4. The molecule has 0 saturated heterocycles. The van der Waals surface area contributed by atoms with Gasteiger partial charge in [0.05, 0.1) is 18.1 Å². The fourth-order valence-corrected chi connectivity index (χ4v) is 2.10. The van der Waals surface area contributed by atoms with Gasteiger partial charge in [-0.15, -0.1) is 0 Å². The van der Waals surface area contributed by atoms with Crippen LogP contribution in [0.4, 0.5) is 11.5 Å². The summed E-state index contributed by atoms with van der Waals surface area (Å²) in [6.45, 7) is 3.77. The highest BCUT2D eigenvalue weighted by Crippen LogP contribution is 2.22. The molecular formula is C17H22N4O4. The van der Waals surface area contributed by atoms with Gasteiger partial charge in [-0.25, -0.2) is 9.97 Å². The summed E-state index contributed by atoms with van der Waals surface area (Å²) in [5.74, 6) is 1.04. The molecule has 0 aliphatic heterocycles. The van der Waals surface area contributed by atoms with E-state index in [-0.39, 0.29) is 18.9 Å². The molecule has 8 nitrogen and oxygen atoms in total. The normalized spacial score (nSPS) is 11.4. The van der Waals surface area contributed by atoms with E-state index in [4.69, 9.17) is 0 Å². The van der Waals surface area contributed by atoms with E-state index in [1.165, 1.54) is 12.1 Å². The monoisotopic (exact) mass is 346 g/mol. The maximum Gasteiger partial charge on any atom is 0.269 e. The van der Waals surface area contributed by atoms with E-state index in [0.717, 1.165) is 5.69 Å². The highest BCUT2D eigenvalue weighted by Gasteiger charge is 2.22. The summed E-state index contributed by atoms with van der Waals surface area (Å²) in [6, 6.07) is 7.87. The third-order valence-electron chi connectivity index (χ3n) is 3.94. The highest BCUT2D eigenvalue weighted by molar-refractivity contribution is 5.59. The number of anilines is 1. The molecule has 0 atom stereocenters. The lowest BCUT2D eigenvalue weighted by Gasteiger charge is -2.25. The smallest absolute Gasteiger partial charge is 0.269 e. The molecule has 1 aromatic carbocycles. The molecule has 2 rings (SSSR count). The van der Waals surface area contributed by atoms with Crippen molar-refractivity contribution in [3.63, 3.8) is 0 Å². The number of hydrogen-bond acceptors (Lipinski definition) is 7. The molecule has 8 heteroatoms. The number of nitrogens with one attached hydrogen (secondary N) is 1. The third-order valence-corrected chi connectivity index (χ3v) is 3.94. The maximum atomic E-state index is 10.8. The number of aryl methyl sites for hydroxylation is 1. The maximum absolute atomic E-state index is 10.8. The van der Waals surface area contributed by atoms with Crippen LogP contribution in [0.1, 0.15) is 19.5 Å². The van der Waals surface area contributed by atoms with Crippen molar-refractivity contribution >= 4 is 11.5 Å². The predicted octanol–water partition coefficient (Wildman–Crippen LogP) is 2.02. The lowest BCUT2D eigenvalue weighted by Crippen LogP contribution is -2.34. The average molecular weight is 346 g/mol. The molecule has 0 saturated carbocycles. The average Bonchev–Trinajstić information content (AvgIpc) is 2.65. The molecular weight excluding hydrogens is 324 g/mol. The van der Waals surface area contributed by atoms with Crippen LogP contribution in [0, 0.1) is 15.5 Å². The van der Waals surface area contributed by atoms with Crippen molar-refractivity contribution < 1.29 is 15.1 Å². The molecule has 0 aliphatic rings. The van der Waals surface area contributed by atoms with Gasteiger partial charge in [0.1, 0.15) is 5.82 Å². The standard InChI is InChI=1S/C17H22N4O4/c1-3-13-8-15(18-9-17(2,10-22)11-23)20-16(19-13)12-4-6-14(7-5-12)21(24)25/h4-8,22-23H,3,9-11H2,1-2H3,(H,18,19,20). The minimum atomic E-state index is -0.662. The van der Waals surface area contributed by atoms with Crippen molar-refractivity contribution in [3.8, 4) is 11.4 Å².